The number of sulfonamides is 1. The van der Waals surface area contributed by atoms with Crippen LogP contribution < -0.4 is 10.6 Å². The quantitative estimate of drug-likeness (QED) is 0.582. The highest BCUT2D eigenvalue weighted by molar-refractivity contribution is 7.88. The van der Waals surface area contributed by atoms with Crippen molar-refractivity contribution in [2.75, 3.05) is 18.4 Å². The summed E-state index contributed by atoms with van der Waals surface area (Å²) in [5, 5.41) is 6.20. The van der Waals surface area contributed by atoms with Crippen molar-refractivity contribution in [3.05, 3.63) is 64.7 Å². The molecule has 1 saturated heterocycles. The van der Waals surface area contributed by atoms with Crippen molar-refractivity contribution in [1.82, 2.24) is 9.62 Å². The average molecular weight is 492 g/mol. The van der Waals surface area contributed by atoms with Gasteiger partial charge in [-0.15, -0.1) is 0 Å². The molecule has 1 heterocycles. The van der Waals surface area contributed by atoms with Gasteiger partial charge in [0.2, 0.25) is 15.9 Å². The minimum absolute atomic E-state index is 0.0262. The number of nitrogens with zero attached hydrogens (tertiary/aromatic N) is 1. The minimum atomic E-state index is -3.53. The monoisotopic (exact) mass is 491 g/mol. The van der Waals surface area contributed by atoms with Crippen molar-refractivity contribution >= 4 is 39.1 Å². The molecule has 0 bridgehead atoms. The minimum Gasteiger partial charge on any atom is -0.350 e. The third-order valence-corrected chi connectivity index (χ3v) is 8.13. The summed E-state index contributed by atoms with van der Waals surface area (Å²) in [5.41, 5.74) is 1.43. The number of piperidine rings is 1. The van der Waals surface area contributed by atoms with Crippen LogP contribution in [0, 0.1) is 5.92 Å². The molecule has 0 spiro atoms. The number of nitrogens with one attached hydrogen (secondary N) is 2. The lowest BCUT2D eigenvalue weighted by Crippen LogP contribution is -2.42. The molecule has 3 rings (SSSR count). The molecule has 0 radical (unpaired) electrons. The lowest BCUT2D eigenvalue weighted by atomic mass is 9.97. The topological polar surface area (TPSA) is 95.6 Å². The van der Waals surface area contributed by atoms with Crippen molar-refractivity contribution in [2.45, 2.75) is 44.9 Å². The molecule has 0 saturated carbocycles. The molecule has 1 unspecified atom stereocenters. The first-order valence-corrected chi connectivity index (χ1v) is 13.1. The second-order valence-electron chi connectivity index (χ2n) is 8.34. The Morgan fingerprint density at radius 1 is 1.09 bits per heavy atom. The Morgan fingerprint density at radius 3 is 2.39 bits per heavy atom. The Morgan fingerprint density at radius 2 is 1.73 bits per heavy atom. The van der Waals surface area contributed by atoms with E-state index in [1.165, 1.54) is 4.31 Å². The van der Waals surface area contributed by atoms with Crippen LogP contribution in [0.4, 0.5) is 5.69 Å². The summed E-state index contributed by atoms with van der Waals surface area (Å²) in [4.78, 5) is 25.5. The normalized spacial score (nSPS) is 16.2. The Hall–Kier alpha value is -2.42. The smallest absolute Gasteiger partial charge is 0.253 e. The molecular weight excluding hydrogens is 462 g/mol. The molecule has 2 N–H and O–H groups in total. The van der Waals surface area contributed by atoms with E-state index in [0.717, 1.165) is 6.42 Å². The van der Waals surface area contributed by atoms with Gasteiger partial charge in [0, 0.05) is 30.1 Å². The lowest BCUT2D eigenvalue weighted by Gasteiger charge is -2.30. The molecule has 2 aromatic carbocycles. The van der Waals surface area contributed by atoms with Crippen LogP contribution in [0.15, 0.2) is 48.5 Å². The summed E-state index contributed by atoms with van der Waals surface area (Å²) in [6.07, 6.45) is 1.63. The molecule has 33 heavy (non-hydrogen) atoms. The van der Waals surface area contributed by atoms with Crippen LogP contribution in [0.25, 0.3) is 0 Å². The number of carbonyl (C=O) groups is 2. The van der Waals surface area contributed by atoms with E-state index in [0.29, 0.717) is 34.7 Å². The number of carbonyl (C=O) groups excluding carboxylic acids is 2. The Bertz CT molecular complexity index is 1100. The van der Waals surface area contributed by atoms with E-state index in [1.54, 1.807) is 48.5 Å². The molecule has 0 aliphatic carbocycles. The molecule has 7 nitrogen and oxygen atoms in total. The number of hydrogen-bond acceptors (Lipinski definition) is 4. The first kappa shape index (κ1) is 25.2. The standard InChI is InChI=1S/C24H30ClN3O4S/c1-3-17(2)26-24(30)20-9-5-7-11-22(20)27-23(29)18-12-14-28(15-13-18)33(31,32)16-19-8-4-6-10-21(19)25/h4-11,17-18H,3,12-16H2,1-2H3,(H,26,30)(H,27,29). The predicted octanol–water partition coefficient (Wildman–Crippen LogP) is 4.05. The van der Waals surface area contributed by atoms with Crippen LogP contribution in [0.5, 0.6) is 0 Å². The fraction of sp³-hybridized carbons (Fsp3) is 0.417. The number of hydrogen-bond donors (Lipinski definition) is 2. The van der Waals surface area contributed by atoms with Crippen molar-refractivity contribution in [3.8, 4) is 0 Å². The predicted molar refractivity (Wildman–Crippen MR) is 131 cm³/mol. The zero-order chi connectivity index (χ0) is 24.0. The molecule has 1 aliphatic heterocycles. The third kappa shape index (κ3) is 6.56. The molecule has 2 amide bonds. The first-order valence-electron chi connectivity index (χ1n) is 11.1. The van der Waals surface area contributed by atoms with Gasteiger partial charge in [0.15, 0.2) is 0 Å². The molecule has 9 heteroatoms. The molecule has 1 fully saturated rings. The maximum absolute atomic E-state index is 12.9. The van der Waals surface area contributed by atoms with Gasteiger partial charge in [-0.25, -0.2) is 12.7 Å². The van der Waals surface area contributed by atoms with E-state index < -0.39 is 10.0 Å². The van der Waals surface area contributed by atoms with Gasteiger partial charge in [-0.2, -0.15) is 0 Å². The Balaban J connectivity index is 1.60. The lowest BCUT2D eigenvalue weighted by molar-refractivity contribution is -0.120. The Kier molecular flexibility index (Phi) is 8.51. The SMILES string of the molecule is CCC(C)NC(=O)c1ccccc1NC(=O)C1CCN(S(=O)(=O)Cc2ccccc2Cl)CC1. The van der Waals surface area contributed by atoms with Gasteiger partial charge in [-0.3, -0.25) is 9.59 Å². The van der Waals surface area contributed by atoms with Crippen molar-refractivity contribution in [3.63, 3.8) is 0 Å². The van der Waals surface area contributed by atoms with Crippen LogP contribution >= 0.6 is 11.6 Å². The van der Waals surface area contributed by atoms with Crippen LogP contribution in [-0.4, -0.2) is 43.7 Å². The average Bonchev–Trinajstić information content (AvgIpc) is 2.80. The summed E-state index contributed by atoms with van der Waals surface area (Å²) in [5.74, 6) is -0.938. The van der Waals surface area contributed by atoms with E-state index in [-0.39, 0.29) is 42.6 Å². The molecule has 178 valence electrons. The first-order chi connectivity index (χ1) is 15.7. The van der Waals surface area contributed by atoms with Crippen LogP contribution in [-0.2, 0) is 20.6 Å². The van der Waals surface area contributed by atoms with E-state index >= 15 is 0 Å². The van der Waals surface area contributed by atoms with Crippen LogP contribution in [0.2, 0.25) is 5.02 Å². The number of halogens is 1. The summed E-state index contributed by atoms with van der Waals surface area (Å²) in [7, 11) is -3.53. The fourth-order valence-corrected chi connectivity index (χ4v) is 5.60. The molecular formula is C24H30ClN3O4S. The molecule has 1 atom stereocenters. The van der Waals surface area contributed by atoms with Crippen molar-refractivity contribution in [1.29, 1.82) is 0 Å². The summed E-state index contributed by atoms with van der Waals surface area (Å²) >= 11 is 6.12. The highest BCUT2D eigenvalue weighted by Crippen LogP contribution is 2.26. The zero-order valence-corrected chi connectivity index (χ0v) is 20.5. The third-order valence-electron chi connectivity index (χ3n) is 5.93. The van der Waals surface area contributed by atoms with E-state index in [2.05, 4.69) is 10.6 Å². The van der Waals surface area contributed by atoms with Crippen LogP contribution in [0.1, 0.15) is 49.0 Å². The van der Waals surface area contributed by atoms with Gasteiger partial charge in [0.1, 0.15) is 0 Å². The second-order valence-corrected chi connectivity index (χ2v) is 10.7. The number of benzene rings is 2. The highest BCUT2D eigenvalue weighted by atomic mass is 35.5. The molecule has 1 aliphatic rings. The fourth-order valence-electron chi connectivity index (χ4n) is 3.73. The van der Waals surface area contributed by atoms with E-state index in [9.17, 15) is 18.0 Å². The number of amides is 2. The van der Waals surface area contributed by atoms with Gasteiger partial charge in [0.05, 0.1) is 17.0 Å². The molecule has 0 aromatic heterocycles. The van der Waals surface area contributed by atoms with Crippen LogP contribution in [0.3, 0.4) is 0 Å². The number of anilines is 1. The summed E-state index contributed by atoms with van der Waals surface area (Å²) in [6.45, 7) is 4.44. The van der Waals surface area contributed by atoms with Gasteiger partial charge in [-0.05, 0) is 49.9 Å². The maximum Gasteiger partial charge on any atom is 0.253 e. The van der Waals surface area contributed by atoms with Gasteiger partial charge < -0.3 is 10.6 Å². The van der Waals surface area contributed by atoms with Gasteiger partial charge >= 0.3 is 0 Å². The highest BCUT2D eigenvalue weighted by Gasteiger charge is 2.32. The van der Waals surface area contributed by atoms with E-state index in [1.807, 2.05) is 13.8 Å². The second kappa shape index (κ2) is 11.1. The number of para-hydroxylation sites is 1. The Labute approximate surface area is 200 Å². The summed E-state index contributed by atoms with van der Waals surface area (Å²) in [6, 6.07) is 13.8. The van der Waals surface area contributed by atoms with Gasteiger partial charge in [-0.1, -0.05) is 48.9 Å². The maximum atomic E-state index is 12.9. The van der Waals surface area contributed by atoms with E-state index in [4.69, 9.17) is 11.6 Å². The number of rotatable bonds is 8. The van der Waals surface area contributed by atoms with Crippen molar-refractivity contribution < 1.29 is 18.0 Å². The van der Waals surface area contributed by atoms with Crippen molar-refractivity contribution in [2.24, 2.45) is 5.92 Å². The summed E-state index contributed by atoms with van der Waals surface area (Å²) < 4.78 is 27.1. The molecule has 2 aromatic rings. The van der Waals surface area contributed by atoms with Gasteiger partial charge in [0.25, 0.3) is 5.91 Å². The largest absolute Gasteiger partial charge is 0.350 e. The zero-order valence-electron chi connectivity index (χ0n) is 18.9.